The first-order valence-corrected chi connectivity index (χ1v) is 13.1. The van der Waals surface area contributed by atoms with Crippen LogP contribution in [0.3, 0.4) is 0 Å². The molecule has 2 heteroatoms. The summed E-state index contributed by atoms with van der Waals surface area (Å²) in [6.45, 7) is 3.89. The largest absolute Gasteiger partial charge is 0.204 e. The number of allylic oxidation sites excluding steroid dienone is 1. The summed E-state index contributed by atoms with van der Waals surface area (Å²) in [6, 6.07) is 8.93. The van der Waals surface area contributed by atoms with E-state index in [1.807, 2.05) is 6.07 Å². The molecule has 3 aliphatic carbocycles. The van der Waals surface area contributed by atoms with Crippen LogP contribution in [-0.2, 0) is 0 Å². The second-order valence-corrected chi connectivity index (χ2v) is 11.1. The smallest absolute Gasteiger partial charge is 0.166 e. The van der Waals surface area contributed by atoms with Gasteiger partial charge in [-0.1, -0.05) is 43.2 Å². The van der Waals surface area contributed by atoms with E-state index in [0.717, 1.165) is 35.0 Å². The van der Waals surface area contributed by atoms with Gasteiger partial charge in [0.2, 0.25) is 0 Å². The van der Waals surface area contributed by atoms with Gasteiger partial charge in [-0.15, -0.1) is 6.58 Å². The van der Waals surface area contributed by atoms with Crippen LogP contribution in [0.5, 0.6) is 0 Å². The molecule has 172 valence electrons. The van der Waals surface area contributed by atoms with E-state index in [1.165, 1.54) is 88.7 Å². The standard InChI is InChI=1S/C30H38F2/c1-2-3-4-20-5-7-21(8-6-20)22-9-10-24-18-25(12-11-23(24)17-22)26-13-15-28-27(19-26)14-16-29(31)30(28)32/h2,13-16,19-25H,1,3-12,17-18H2. The maximum absolute atomic E-state index is 14.1. The Morgan fingerprint density at radius 1 is 0.781 bits per heavy atom. The molecule has 2 aromatic rings. The lowest BCUT2D eigenvalue weighted by atomic mass is 9.60. The topological polar surface area (TPSA) is 0 Å². The van der Waals surface area contributed by atoms with Gasteiger partial charge in [0, 0.05) is 5.39 Å². The predicted molar refractivity (Wildman–Crippen MR) is 130 cm³/mol. The highest BCUT2D eigenvalue weighted by Crippen LogP contribution is 2.51. The van der Waals surface area contributed by atoms with Gasteiger partial charge in [-0.3, -0.25) is 0 Å². The number of rotatable bonds is 5. The summed E-state index contributed by atoms with van der Waals surface area (Å²) in [6.07, 6.45) is 18.6. The molecular formula is C30H38F2. The Morgan fingerprint density at radius 2 is 1.47 bits per heavy atom. The van der Waals surface area contributed by atoms with E-state index in [4.69, 9.17) is 0 Å². The summed E-state index contributed by atoms with van der Waals surface area (Å²) in [7, 11) is 0. The fraction of sp³-hybridized carbons (Fsp3) is 0.600. The van der Waals surface area contributed by atoms with Crippen LogP contribution in [-0.4, -0.2) is 0 Å². The van der Waals surface area contributed by atoms with Gasteiger partial charge in [0.1, 0.15) is 0 Å². The molecule has 0 spiro atoms. The quantitative estimate of drug-likeness (QED) is 0.410. The van der Waals surface area contributed by atoms with Gasteiger partial charge in [-0.05, 0) is 117 Å². The fourth-order valence-electron chi connectivity index (χ4n) is 7.50. The van der Waals surface area contributed by atoms with Crippen LogP contribution in [0, 0.1) is 41.2 Å². The van der Waals surface area contributed by atoms with E-state index in [2.05, 4.69) is 18.7 Å². The second kappa shape index (κ2) is 9.65. The molecule has 3 aliphatic rings. The Balaban J connectivity index is 1.18. The molecule has 0 saturated heterocycles. The van der Waals surface area contributed by atoms with E-state index in [-0.39, 0.29) is 0 Å². The van der Waals surface area contributed by atoms with Crippen LogP contribution in [0.4, 0.5) is 8.78 Å². The lowest BCUT2D eigenvalue weighted by Crippen LogP contribution is -2.34. The van der Waals surface area contributed by atoms with Crippen LogP contribution >= 0.6 is 0 Å². The highest BCUT2D eigenvalue weighted by atomic mass is 19.2. The Labute approximate surface area is 192 Å². The molecule has 0 heterocycles. The molecule has 0 nitrogen and oxygen atoms in total. The van der Waals surface area contributed by atoms with Crippen molar-refractivity contribution in [2.75, 3.05) is 0 Å². The van der Waals surface area contributed by atoms with Crippen LogP contribution in [0.15, 0.2) is 43.0 Å². The average molecular weight is 437 g/mol. The maximum Gasteiger partial charge on any atom is 0.166 e. The first kappa shape index (κ1) is 22.1. The lowest BCUT2D eigenvalue weighted by Gasteiger charge is -2.45. The van der Waals surface area contributed by atoms with Gasteiger partial charge >= 0.3 is 0 Å². The minimum absolute atomic E-state index is 0.405. The molecule has 4 atom stereocenters. The highest BCUT2D eigenvalue weighted by molar-refractivity contribution is 5.84. The molecule has 2 aromatic carbocycles. The van der Waals surface area contributed by atoms with Crippen molar-refractivity contribution in [1.29, 1.82) is 0 Å². The summed E-state index contributed by atoms with van der Waals surface area (Å²) in [5.74, 6) is 3.76. The van der Waals surface area contributed by atoms with Crippen LogP contribution in [0.25, 0.3) is 10.8 Å². The van der Waals surface area contributed by atoms with Gasteiger partial charge in [0.15, 0.2) is 11.6 Å². The molecule has 0 aliphatic heterocycles. The Morgan fingerprint density at radius 3 is 2.25 bits per heavy atom. The summed E-state index contributed by atoms with van der Waals surface area (Å²) < 4.78 is 27.6. The molecule has 0 radical (unpaired) electrons. The summed E-state index contributed by atoms with van der Waals surface area (Å²) in [5, 5.41) is 1.23. The van der Waals surface area contributed by atoms with Gasteiger partial charge in [0.25, 0.3) is 0 Å². The van der Waals surface area contributed by atoms with Crippen LogP contribution < -0.4 is 0 Å². The first-order valence-electron chi connectivity index (χ1n) is 13.1. The van der Waals surface area contributed by atoms with E-state index < -0.39 is 11.6 Å². The number of hydrogen-bond acceptors (Lipinski definition) is 0. The third kappa shape index (κ3) is 4.52. The van der Waals surface area contributed by atoms with Crippen molar-refractivity contribution in [3.05, 3.63) is 60.2 Å². The molecule has 4 unspecified atom stereocenters. The van der Waals surface area contributed by atoms with Crippen molar-refractivity contribution in [2.24, 2.45) is 29.6 Å². The van der Waals surface area contributed by atoms with Crippen molar-refractivity contribution in [3.8, 4) is 0 Å². The average Bonchev–Trinajstić information content (AvgIpc) is 2.84. The zero-order valence-corrected chi connectivity index (χ0v) is 19.4. The van der Waals surface area contributed by atoms with Gasteiger partial charge in [-0.25, -0.2) is 8.78 Å². The number of fused-ring (bicyclic) bond motifs is 2. The third-order valence-electron chi connectivity index (χ3n) is 9.39. The summed E-state index contributed by atoms with van der Waals surface area (Å²) >= 11 is 0. The fourth-order valence-corrected chi connectivity index (χ4v) is 7.50. The van der Waals surface area contributed by atoms with Crippen LogP contribution in [0.1, 0.15) is 88.5 Å². The zero-order valence-electron chi connectivity index (χ0n) is 19.4. The predicted octanol–water partition coefficient (Wildman–Crippen LogP) is 9.19. The van der Waals surface area contributed by atoms with Gasteiger partial charge in [-0.2, -0.15) is 0 Å². The molecular weight excluding hydrogens is 398 g/mol. The summed E-state index contributed by atoms with van der Waals surface area (Å²) in [5.41, 5.74) is 1.32. The van der Waals surface area contributed by atoms with E-state index >= 15 is 0 Å². The normalized spacial score (nSPS) is 33.1. The van der Waals surface area contributed by atoms with Gasteiger partial charge in [0.05, 0.1) is 0 Å². The van der Waals surface area contributed by atoms with E-state index in [1.54, 1.807) is 12.1 Å². The Kier molecular flexibility index (Phi) is 6.67. The molecule has 0 N–H and O–H groups in total. The Hall–Kier alpha value is -1.70. The Bertz CT molecular complexity index is 939. The van der Waals surface area contributed by atoms with Crippen molar-refractivity contribution in [3.63, 3.8) is 0 Å². The van der Waals surface area contributed by atoms with Crippen molar-refractivity contribution in [1.82, 2.24) is 0 Å². The first-order chi connectivity index (χ1) is 15.6. The monoisotopic (exact) mass is 436 g/mol. The molecule has 32 heavy (non-hydrogen) atoms. The van der Waals surface area contributed by atoms with Crippen LogP contribution in [0.2, 0.25) is 0 Å². The zero-order chi connectivity index (χ0) is 22.1. The second-order valence-electron chi connectivity index (χ2n) is 11.1. The molecule has 3 saturated carbocycles. The number of hydrogen-bond donors (Lipinski definition) is 0. The molecule has 0 bridgehead atoms. The minimum atomic E-state index is -0.757. The van der Waals surface area contributed by atoms with Gasteiger partial charge < -0.3 is 0 Å². The van der Waals surface area contributed by atoms with E-state index in [0.29, 0.717) is 11.3 Å². The van der Waals surface area contributed by atoms with E-state index in [9.17, 15) is 8.78 Å². The lowest BCUT2D eigenvalue weighted by molar-refractivity contribution is 0.0713. The van der Waals surface area contributed by atoms with Crippen molar-refractivity contribution in [2.45, 2.75) is 83.0 Å². The minimum Gasteiger partial charge on any atom is -0.204 e. The highest BCUT2D eigenvalue weighted by Gasteiger charge is 2.39. The maximum atomic E-state index is 14.1. The molecule has 3 fully saturated rings. The third-order valence-corrected chi connectivity index (χ3v) is 9.39. The molecule has 5 rings (SSSR count). The molecule has 0 amide bonds. The summed E-state index contributed by atoms with van der Waals surface area (Å²) in [4.78, 5) is 0. The number of benzene rings is 2. The SMILES string of the molecule is C=CCCC1CCC(C2CCC3CC(c4ccc5c(F)c(F)ccc5c4)CCC3C2)CC1. The number of halogens is 2. The molecule has 0 aromatic heterocycles. The van der Waals surface area contributed by atoms with Crippen molar-refractivity contribution < 1.29 is 8.78 Å². The van der Waals surface area contributed by atoms with Crippen molar-refractivity contribution >= 4 is 10.8 Å².